The Morgan fingerprint density at radius 2 is 0.780 bits per heavy atom. The zero-order chi connectivity index (χ0) is 36.4. The maximum atomic E-state index is 11.5. The minimum absolute atomic E-state index is 0.0292. The highest BCUT2D eigenvalue weighted by atomic mass is 16.7. The van der Waals surface area contributed by atoms with Crippen molar-refractivity contribution in [2.45, 2.75) is 233 Å². The molecule has 0 aromatic carbocycles. The number of nitrogens with one attached hydrogen (secondary N) is 1. The summed E-state index contributed by atoms with van der Waals surface area (Å²) < 4.78 is 17.8. The quantitative estimate of drug-likeness (QED) is 0.0505. The third kappa shape index (κ3) is 38.4. The van der Waals surface area contributed by atoms with Gasteiger partial charge >= 0.3 is 6.09 Å². The zero-order valence-electron chi connectivity index (χ0n) is 34.5. The van der Waals surface area contributed by atoms with E-state index in [-0.39, 0.29) is 12.4 Å². The summed E-state index contributed by atoms with van der Waals surface area (Å²) in [5.41, 5.74) is 0. The molecule has 0 aromatic heterocycles. The van der Waals surface area contributed by atoms with Crippen molar-refractivity contribution in [3.8, 4) is 0 Å². The van der Waals surface area contributed by atoms with Gasteiger partial charge in [0.25, 0.3) is 0 Å². The first-order chi connectivity index (χ1) is 24.7. The van der Waals surface area contributed by atoms with Gasteiger partial charge in [-0.2, -0.15) is 0 Å². The lowest BCUT2D eigenvalue weighted by atomic mass is 10.0. The van der Waals surface area contributed by atoms with Gasteiger partial charge in [0, 0.05) is 26.8 Å². The first kappa shape index (κ1) is 49.1. The van der Waals surface area contributed by atoms with Gasteiger partial charge in [-0.15, -0.1) is 0 Å². The van der Waals surface area contributed by atoms with Crippen LogP contribution in [0.2, 0.25) is 0 Å². The number of hydrogen-bond acceptors (Lipinski definition) is 5. The zero-order valence-corrected chi connectivity index (χ0v) is 34.5. The molecule has 0 radical (unpaired) electrons. The summed E-state index contributed by atoms with van der Waals surface area (Å²) in [7, 11) is 1.62. The molecular weight excluding hydrogens is 620 g/mol. The van der Waals surface area contributed by atoms with Crippen LogP contribution in [0, 0.1) is 0 Å². The molecule has 0 saturated carbocycles. The lowest BCUT2D eigenvalue weighted by molar-refractivity contribution is -0.148. The van der Waals surface area contributed by atoms with Crippen LogP contribution in [0.15, 0.2) is 0 Å². The molecular formula is C44H90N2O4. The predicted molar refractivity (Wildman–Crippen MR) is 217 cm³/mol. The van der Waals surface area contributed by atoms with Crippen molar-refractivity contribution in [3.05, 3.63) is 0 Å². The average Bonchev–Trinajstić information content (AvgIpc) is 3.13. The molecule has 6 nitrogen and oxygen atoms in total. The number of nitrogens with zero attached hydrogens (tertiary/aromatic N) is 1. The van der Waals surface area contributed by atoms with Crippen molar-refractivity contribution >= 4 is 6.09 Å². The normalized spacial score (nSPS) is 11.6. The molecule has 0 heterocycles. The molecule has 0 unspecified atom stereocenters. The van der Waals surface area contributed by atoms with Crippen molar-refractivity contribution in [2.24, 2.45) is 0 Å². The number of carbonyl (C=O) groups is 1. The van der Waals surface area contributed by atoms with E-state index in [0.29, 0.717) is 6.61 Å². The first-order valence-electron chi connectivity index (χ1n) is 22.5. The highest BCUT2D eigenvalue weighted by Gasteiger charge is 2.11. The molecule has 0 aliphatic rings. The van der Waals surface area contributed by atoms with Gasteiger partial charge in [0.1, 0.15) is 0 Å². The Labute approximate surface area is 313 Å². The Hall–Kier alpha value is -0.850. The average molecular weight is 711 g/mol. The van der Waals surface area contributed by atoms with E-state index in [4.69, 9.17) is 14.2 Å². The Morgan fingerprint density at radius 3 is 1.18 bits per heavy atom. The molecule has 1 N–H and O–H groups in total. The third-order valence-corrected chi connectivity index (χ3v) is 10.2. The van der Waals surface area contributed by atoms with Gasteiger partial charge in [0.05, 0.1) is 6.61 Å². The molecule has 0 aromatic rings. The van der Waals surface area contributed by atoms with Crippen molar-refractivity contribution in [1.82, 2.24) is 10.2 Å². The summed E-state index contributed by atoms with van der Waals surface area (Å²) >= 11 is 0. The monoisotopic (exact) mass is 711 g/mol. The van der Waals surface area contributed by atoms with Gasteiger partial charge in [-0.05, 0) is 58.0 Å². The summed E-state index contributed by atoms with van der Waals surface area (Å²) in [6, 6.07) is 0. The second kappa shape index (κ2) is 42.6. The Bertz CT molecular complexity index is 632. The molecule has 6 heteroatoms. The largest absolute Gasteiger partial charge is 0.450 e. The maximum Gasteiger partial charge on any atom is 0.406 e. The molecule has 0 saturated heterocycles. The van der Waals surface area contributed by atoms with Gasteiger partial charge < -0.3 is 24.4 Å². The number of rotatable bonds is 42. The maximum absolute atomic E-state index is 11.5. The van der Waals surface area contributed by atoms with Gasteiger partial charge in [-0.3, -0.25) is 0 Å². The SMILES string of the molecule is CCCCCCCCCCCCCCCCN(CCCCCCC(OCCCCCCCC)OCCCCCCCC)CCCOC(=O)NC. The van der Waals surface area contributed by atoms with Crippen LogP contribution < -0.4 is 5.32 Å². The number of ether oxygens (including phenoxy) is 3. The summed E-state index contributed by atoms with van der Waals surface area (Å²) in [4.78, 5) is 14.1. The van der Waals surface area contributed by atoms with Gasteiger partial charge in [-0.1, -0.05) is 181 Å². The van der Waals surface area contributed by atoms with E-state index in [9.17, 15) is 4.79 Å². The molecule has 300 valence electrons. The number of amides is 1. The Balaban J connectivity index is 4.29. The fourth-order valence-corrected chi connectivity index (χ4v) is 6.80. The lowest BCUT2D eigenvalue weighted by Gasteiger charge is -2.22. The second-order valence-electron chi connectivity index (χ2n) is 15.1. The van der Waals surface area contributed by atoms with E-state index in [1.54, 1.807) is 7.05 Å². The summed E-state index contributed by atoms with van der Waals surface area (Å²) in [5.74, 6) is 0. The predicted octanol–water partition coefficient (Wildman–Crippen LogP) is 13.5. The third-order valence-electron chi connectivity index (χ3n) is 10.2. The van der Waals surface area contributed by atoms with Crippen molar-refractivity contribution in [2.75, 3.05) is 46.5 Å². The molecule has 0 aliphatic carbocycles. The smallest absolute Gasteiger partial charge is 0.406 e. The van der Waals surface area contributed by atoms with E-state index >= 15 is 0 Å². The number of alkyl carbamates (subject to hydrolysis) is 1. The van der Waals surface area contributed by atoms with Crippen molar-refractivity contribution in [3.63, 3.8) is 0 Å². The van der Waals surface area contributed by atoms with E-state index in [1.165, 1.54) is 186 Å². The van der Waals surface area contributed by atoms with Crippen LogP contribution in [0.1, 0.15) is 226 Å². The van der Waals surface area contributed by atoms with Crippen LogP contribution >= 0.6 is 0 Å². The molecule has 50 heavy (non-hydrogen) atoms. The number of carbonyl (C=O) groups excluding carboxylic acids is 1. The van der Waals surface area contributed by atoms with Crippen LogP contribution in [0.25, 0.3) is 0 Å². The minimum Gasteiger partial charge on any atom is -0.450 e. The first-order valence-corrected chi connectivity index (χ1v) is 22.5. The molecule has 0 fully saturated rings. The van der Waals surface area contributed by atoms with Gasteiger partial charge in [0.2, 0.25) is 0 Å². The van der Waals surface area contributed by atoms with Crippen molar-refractivity contribution in [1.29, 1.82) is 0 Å². The van der Waals surface area contributed by atoms with Crippen LogP contribution in [0.3, 0.4) is 0 Å². The number of unbranched alkanes of at least 4 members (excludes halogenated alkanes) is 26. The van der Waals surface area contributed by atoms with Crippen LogP contribution in [-0.4, -0.2) is 63.8 Å². The fourth-order valence-electron chi connectivity index (χ4n) is 6.80. The lowest BCUT2D eigenvalue weighted by Crippen LogP contribution is -2.29. The van der Waals surface area contributed by atoms with E-state index in [2.05, 4.69) is 31.0 Å². The minimum atomic E-state index is -0.325. The summed E-state index contributed by atoms with van der Waals surface area (Å²) in [6.07, 6.45) is 41.6. The fraction of sp³-hybridized carbons (Fsp3) is 0.977. The molecule has 0 rings (SSSR count). The standard InChI is InChI=1S/C44H90N2O4/c1-5-8-11-14-17-18-19-20-21-22-23-24-26-31-37-46(39-35-42-50-44(47)45-4)38-32-27-25-30-36-43(48-40-33-28-15-12-9-6-2)49-41-34-29-16-13-10-7-3/h43H,5-42H2,1-4H3,(H,45,47). The molecule has 1 amide bonds. The highest BCUT2D eigenvalue weighted by Crippen LogP contribution is 2.16. The van der Waals surface area contributed by atoms with E-state index in [1.807, 2.05) is 0 Å². The number of hydrogen-bond donors (Lipinski definition) is 1. The molecule has 0 bridgehead atoms. The van der Waals surface area contributed by atoms with Crippen LogP contribution in [0.4, 0.5) is 4.79 Å². The Kier molecular flexibility index (Phi) is 41.8. The molecule has 0 atom stereocenters. The molecule has 0 aliphatic heterocycles. The summed E-state index contributed by atoms with van der Waals surface area (Å²) in [5, 5.41) is 2.55. The van der Waals surface area contributed by atoms with Gasteiger partial charge in [0.15, 0.2) is 6.29 Å². The second-order valence-corrected chi connectivity index (χ2v) is 15.1. The summed E-state index contributed by atoms with van der Waals surface area (Å²) in [6.45, 7) is 12.3. The van der Waals surface area contributed by atoms with Crippen LogP contribution in [0.5, 0.6) is 0 Å². The highest BCUT2D eigenvalue weighted by molar-refractivity contribution is 5.66. The topological polar surface area (TPSA) is 60.0 Å². The van der Waals surface area contributed by atoms with Gasteiger partial charge in [-0.25, -0.2) is 4.79 Å². The van der Waals surface area contributed by atoms with Crippen molar-refractivity contribution < 1.29 is 19.0 Å². The van der Waals surface area contributed by atoms with Crippen LogP contribution in [-0.2, 0) is 14.2 Å². The Morgan fingerprint density at radius 1 is 0.440 bits per heavy atom. The van der Waals surface area contributed by atoms with E-state index < -0.39 is 0 Å². The van der Waals surface area contributed by atoms with E-state index in [0.717, 1.165) is 52.0 Å². The molecule has 0 spiro atoms.